The second-order valence-electron chi connectivity index (χ2n) is 4.99. The molecule has 0 spiro atoms. The van der Waals surface area contributed by atoms with Crippen LogP contribution in [0.2, 0.25) is 0 Å². The lowest BCUT2D eigenvalue weighted by Crippen LogP contribution is -2.16. The Kier molecular flexibility index (Phi) is 5.93. The fourth-order valence-corrected chi connectivity index (χ4v) is 2.90. The van der Waals surface area contributed by atoms with Gasteiger partial charge >= 0.3 is 0 Å². The molecule has 0 fully saturated rings. The number of hydrogen-bond donors (Lipinski definition) is 1. The van der Waals surface area contributed by atoms with Gasteiger partial charge in [-0.2, -0.15) is 0 Å². The van der Waals surface area contributed by atoms with Crippen LogP contribution in [0.25, 0.3) is 0 Å². The monoisotopic (exact) mass is 323 g/mol. The number of halogens is 1. The summed E-state index contributed by atoms with van der Waals surface area (Å²) in [5.41, 5.74) is 2.83. The van der Waals surface area contributed by atoms with Crippen molar-refractivity contribution in [2.75, 3.05) is 13.7 Å². The maximum atomic E-state index is 5.38. The molecule has 0 aliphatic heterocycles. The Morgan fingerprint density at radius 3 is 2.95 bits per heavy atom. The normalized spacial score (nSPS) is 15.2. The van der Waals surface area contributed by atoms with Crippen LogP contribution in [0.4, 0.5) is 0 Å². The van der Waals surface area contributed by atoms with Crippen LogP contribution in [0.15, 0.2) is 34.3 Å². The van der Waals surface area contributed by atoms with Crippen molar-refractivity contribution in [1.82, 2.24) is 5.32 Å². The molecule has 1 aliphatic carbocycles. The van der Waals surface area contributed by atoms with Crippen LogP contribution in [0, 0.1) is 0 Å². The van der Waals surface area contributed by atoms with Crippen molar-refractivity contribution < 1.29 is 4.74 Å². The van der Waals surface area contributed by atoms with Gasteiger partial charge in [-0.05, 0) is 56.8 Å². The number of hydrogen-bond acceptors (Lipinski definition) is 2. The van der Waals surface area contributed by atoms with Gasteiger partial charge in [0.1, 0.15) is 5.75 Å². The molecule has 0 saturated carbocycles. The Morgan fingerprint density at radius 1 is 1.32 bits per heavy atom. The lowest BCUT2D eigenvalue weighted by molar-refractivity contribution is 0.407. The molecule has 1 aromatic carbocycles. The van der Waals surface area contributed by atoms with Crippen molar-refractivity contribution in [3.63, 3.8) is 0 Å². The van der Waals surface area contributed by atoms with Crippen molar-refractivity contribution >= 4 is 15.9 Å². The van der Waals surface area contributed by atoms with E-state index in [-0.39, 0.29) is 0 Å². The first kappa shape index (κ1) is 14.6. The summed E-state index contributed by atoms with van der Waals surface area (Å²) in [6, 6.07) is 6.13. The van der Waals surface area contributed by atoms with Gasteiger partial charge in [0.15, 0.2) is 0 Å². The van der Waals surface area contributed by atoms with Gasteiger partial charge in [-0.3, -0.25) is 0 Å². The highest BCUT2D eigenvalue weighted by atomic mass is 79.9. The molecule has 1 N–H and O–H groups in total. The van der Waals surface area contributed by atoms with Crippen molar-refractivity contribution in [1.29, 1.82) is 0 Å². The fourth-order valence-electron chi connectivity index (χ4n) is 2.49. The van der Waals surface area contributed by atoms with E-state index < -0.39 is 0 Å². The highest BCUT2D eigenvalue weighted by Gasteiger charge is 2.05. The van der Waals surface area contributed by atoms with Crippen LogP contribution >= 0.6 is 15.9 Å². The van der Waals surface area contributed by atoms with Crippen LogP contribution < -0.4 is 10.1 Å². The van der Waals surface area contributed by atoms with Crippen LogP contribution in [-0.2, 0) is 6.54 Å². The largest absolute Gasteiger partial charge is 0.496 e. The number of benzene rings is 1. The van der Waals surface area contributed by atoms with Gasteiger partial charge in [-0.1, -0.05) is 27.6 Å². The van der Waals surface area contributed by atoms with E-state index >= 15 is 0 Å². The number of nitrogens with one attached hydrogen (secondary N) is 1. The second-order valence-corrected chi connectivity index (χ2v) is 5.91. The van der Waals surface area contributed by atoms with Crippen molar-refractivity contribution in [3.05, 3.63) is 39.9 Å². The van der Waals surface area contributed by atoms with E-state index in [4.69, 9.17) is 4.74 Å². The molecular weight excluding hydrogens is 302 g/mol. The third-order valence-electron chi connectivity index (χ3n) is 3.57. The van der Waals surface area contributed by atoms with Crippen molar-refractivity contribution in [2.24, 2.45) is 0 Å². The first-order valence-corrected chi connectivity index (χ1v) is 7.80. The number of methoxy groups -OCH3 is 1. The lowest BCUT2D eigenvalue weighted by Gasteiger charge is -2.14. The highest BCUT2D eigenvalue weighted by Crippen LogP contribution is 2.23. The average Bonchev–Trinajstić information content (AvgIpc) is 2.45. The Morgan fingerprint density at radius 2 is 2.21 bits per heavy atom. The molecule has 1 aromatic rings. The minimum absolute atomic E-state index is 0.857. The van der Waals surface area contributed by atoms with Crippen LogP contribution in [-0.4, -0.2) is 13.7 Å². The van der Waals surface area contributed by atoms with Gasteiger partial charge in [0.25, 0.3) is 0 Å². The molecule has 1 aliphatic rings. The molecule has 0 aromatic heterocycles. The summed E-state index contributed by atoms with van der Waals surface area (Å²) in [7, 11) is 1.72. The molecule has 2 nitrogen and oxygen atoms in total. The highest BCUT2D eigenvalue weighted by molar-refractivity contribution is 9.10. The Labute approximate surface area is 124 Å². The second kappa shape index (κ2) is 7.71. The van der Waals surface area contributed by atoms with Crippen LogP contribution in [0.5, 0.6) is 5.75 Å². The summed E-state index contributed by atoms with van der Waals surface area (Å²) >= 11 is 3.50. The maximum Gasteiger partial charge on any atom is 0.123 e. The Bertz CT molecular complexity index is 442. The SMILES string of the molecule is COc1ccc(Br)cc1CNCCC1=CCCCC1. The molecule has 0 unspecified atom stereocenters. The van der Waals surface area contributed by atoms with E-state index in [0.717, 1.165) is 23.3 Å². The predicted molar refractivity (Wildman–Crippen MR) is 83.6 cm³/mol. The van der Waals surface area contributed by atoms with E-state index in [1.165, 1.54) is 37.7 Å². The molecule has 0 heterocycles. The van der Waals surface area contributed by atoms with Crippen molar-refractivity contribution in [2.45, 2.75) is 38.6 Å². The molecule has 0 saturated heterocycles. The third-order valence-corrected chi connectivity index (χ3v) is 4.06. The molecule has 0 atom stereocenters. The molecule has 0 amide bonds. The van der Waals surface area contributed by atoms with Gasteiger partial charge < -0.3 is 10.1 Å². The van der Waals surface area contributed by atoms with Crippen LogP contribution in [0.1, 0.15) is 37.7 Å². The lowest BCUT2D eigenvalue weighted by atomic mass is 9.97. The summed E-state index contributed by atoms with van der Waals surface area (Å²) in [6.45, 7) is 1.90. The third kappa shape index (κ3) is 4.66. The molecular formula is C16H22BrNO. The minimum Gasteiger partial charge on any atom is -0.496 e. The summed E-state index contributed by atoms with van der Waals surface area (Å²) in [5, 5.41) is 3.51. The van der Waals surface area contributed by atoms with Gasteiger partial charge in [0.2, 0.25) is 0 Å². The summed E-state index contributed by atoms with van der Waals surface area (Å²) in [4.78, 5) is 0. The number of allylic oxidation sites excluding steroid dienone is 1. The molecule has 0 bridgehead atoms. The van der Waals surface area contributed by atoms with E-state index in [9.17, 15) is 0 Å². The molecule has 3 heteroatoms. The summed E-state index contributed by atoms with van der Waals surface area (Å²) in [6.07, 6.45) is 8.90. The van der Waals surface area contributed by atoms with Gasteiger partial charge in [0.05, 0.1) is 7.11 Å². The summed E-state index contributed by atoms with van der Waals surface area (Å²) < 4.78 is 6.47. The van der Waals surface area contributed by atoms with E-state index in [2.05, 4.69) is 33.4 Å². The number of ether oxygens (including phenoxy) is 1. The number of rotatable bonds is 6. The Hall–Kier alpha value is -0.800. The minimum atomic E-state index is 0.857. The van der Waals surface area contributed by atoms with E-state index in [1.807, 2.05) is 12.1 Å². The first-order chi connectivity index (χ1) is 9.29. The smallest absolute Gasteiger partial charge is 0.123 e. The van der Waals surface area contributed by atoms with E-state index in [1.54, 1.807) is 12.7 Å². The van der Waals surface area contributed by atoms with Gasteiger partial charge in [-0.25, -0.2) is 0 Å². The standard InChI is InChI=1S/C16H22BrNO/c1-19-16-8-7-15(17)11-14(16)12-18-10-9-13-5-3-2-4-6-13/h5,7-8,11,18H,2-4,6,9-10,12H2,1H3. The fraction of sp³-hybridized carbons (Fsp3) is 0.500. The molecule has 2 rings (SSSR count). The molecule has 104 valence electrons. The average molecular weight is 324 g/mol. The van der Waals surface area contributed by atoms with Crippen molar-refractivity contribution in [3.8, 4) is 5.75 Å². The van der Waals surface area contributed by atoms with Crippen LogP contribution in [0.3, 0.4) is 0 Å². The first-order valence-electron chi connectivity index (χ1n) is 7.00. The zero-order valence-corrected chi connectivity index (χ0v) is 13.1. The zero-order valence-electron chi connectivity index (χ0n) is 11.5. The van der Waals surface area contributed by atoms with Gasteiger partial charge in [0, 0.05) is 16.6 Å². The predicted octanol–water partition coefficient (Wildman–Crippen LogP) is 4.44. The van der Waals surface area contributed by atoms with E-state index in [0.29, 0.717) is 0 Å². The molecule has 19 heavy (non-hydrogen) atoms. The maximum absolute atomic E-state index is 5.38. The zero-order chi connectivity index (χ0) is 13.5. The summed E-state index contributed by atoms with van der Waals surface area (Å²) in [5.74, 6) is 0.951. The van der Waals surface area contributed by atoms with Gasteiger partial charge in [-0.15, -0.1) is 0 Å². The quantitative estimate of drug-likeness (QED) is 0.617. The Balaban J connectivity index is 1.79. The molecule has 0 radical (unpaired) electrons. The topological polar surface area (TPSA) is 21.3 Å².